The summed E-state index contributed by atoms with van der Waals surface area (Å²) in [6.07, 6.45) is 0. The lowest BCUT2D eigenvalue weighted by molar-refractivity contribution is -0.123. The van der Waals surface area contributed by atoms with Crippen LogP contribution < -0.4 is 25.6 Å². The first-order valence-electron chi connectivity index (χ1n) is 10.3. The summed E-state index contributed by atoms with van der Waals surface area (Å²) < 4.78 is 12.0. The van der Waals surface area contributed by atoms with Gasteiger partial charge in [0, 0.05) is 10.9 Å². The zero-order chi connectivity index (χ0) is 23.8. The standard InChI is InChI=1S/C24H24BrN3O4S/c1-15(2)13-31-21-11-10-17(12-19(21)25)23(30)26-24(33)28-27-22(29)14-32-20-9-5-7-16-6-3-4-8-18(16)20/h3-12,15H,13-14H2,1-2H3,(H,27,29)(H2,26,28,30,33). The lowest BCUT2D eigenvalue weighted by Gasteiger charge is -2.13. The van der Waals surface area contributed by atoms with Crippen molar-refractivity contribution in [3.63, 3.8) is 0 Å². The fourth-order valence-electron chi connectivity index (χ4n) is 2.85. The third-order valence-corrected chi connectivity index (χ3v) is 5.24. The number of thiocarbonyl (C=S) groups is 1. The van der Waals surface area contributed by atoms with Crippen LogP contribution in [0.1, 0.15) is 24.2 Å². The van der Waals surface area contributed by atoms with E-state index in [0.717, 1.165) is 10.8 Å². The number of nitrogens with one attached hydrogen (secondary N) is 3. The molecule has 0 bridgehead atoms. The summed E-state index contributed by atoms with van der Waals surface area (Å²) in [7, 11) is 0. The maximum atomic E-state index is 12.4. The molecule has 0 saturated carbocycles. The van der Waals surface area contributed by atoms with Crippen molar-refractivity contribution in [1.82, 2.24) is 16.2 Å². The Balaban J connectivity index is 1.46. The molecule has 33 heavy (non-hydrogen) atoms. The Morgan fingerprint density at radius 2 is 1.73 bits per heavy atom. The number of hydrogen-bond acceptors (Lipinski definition) is 5. The van der Waals surface area contributed by atoms with E-state index in [4.69, 9.17) is 21.7 Å². The maximum Gasteiger partial charge on any atom is 0.276 e. The van der Waals surface area contributed by atoms with Crippen molar-refractivity contribution in [3.8, 4) is 11.5 Å². The molecule has 0 aliphatic rings. The molecule has 3 N–H and O–H groups in total. The van der Waals surface area contributed by atoms with Gasteiger partial charge in [0.2, 0.25) is 0 Å². The highest BCUT2D eigenvalue weighted by atomic mass is 79.9. The third-order valence-electron chi connectivity index (χ3n) is 4.42. The molecule has 7 nitrogen and oxygen atoms in total. The Morgan fingerprint density at radius 3 is 2.48 bits per heavy atom. The van der Waals surface area contributed by atoms with Crippen molar-refractivity contribution >= 4 is 55.8 Å². The van der Waals surface area contributed by atoms with Gasteiger partial charge in [0.05, 0.1) is 11.1 Å². The van der Waals surface area contributed by atoms with E-state index in [1.165, 1.54) is 0 Å². The minimum absolute atomic E-state index is 0.0465. The van der Waals surface area contributed by atoms with Gasteiger partial charge < -0.3 is 9.47 Å². The summed E-state index contributed by atoms with van der Waals surface area (Å²) in [5.74, 6) is 0.764. The number of amides is 2. The van der Waals surface area contributed by atoms with E-state index < -0.39 is 11.8 Å². The van der Waals surface area contributed by atoms with E-state index in [-0.39, 0.29) is 11.7 Å². The van der Waals surface area contributed by atoms with Crippen LogP contribution >= 0.6 is 28.1 Å². The first kappa shape index (κ1) is 24.5. The number of hydrogen-bond donors (Lipinski definition) is 3. The monoisotopic (exact) mass is 529 g/mol. The highest BCUT2D eigenvalue weighted by Gasteiger charge is 2.12. The molecule has 0 atom stereocenters. The average Bonchev–Trinajstić information content (AvgIpc) is 2.80. The van der Waals surface area contributed by atoms with Crippen LogP contribution in [-0.2, 0) is 4.79 Å². The lowest BCUT2D eigenvalue weighted by Crippen LogP contribution is -2.49. The Bertz CT molecular complexity index is 1160. The molecule has 0 aliphatic carbocycles. The van der Waals surface area contributed by atoms with Crippen molar-refractivity contribution in [2.45, 2.75) is 13.8 Å². The van der Waals surface area contributed by atoms with E-state index in [1.54, 1.807) is 24.3 Å². The van der Waals surface area contributed by atoms with Gasteiger partial charge in [0.1, 0.15) is 11.5 Å². The fraction of sp³-hybridized carbons (Fsp3) is 0.208. The minimum Gasteiger partial charge on any atom is -0.492 e. The van der Waals surface area contributed by atoms with Gasteiger partial charge in [-0.3, -0.25) is 25.8 Å². The van der Waals surface area contributed by atoms with Crippen molar-refractivity contribution in [1.29, 1.82) is 0 Å². The summed E-state index contributed by atoms with van der Waals surface area (Å²) in [5, 5.41) is 4.39. The largest absolute Gasteiger partial charge is 0.492 e. The van der Waals surface area contributed by atoms with E-state index in [1.807, 2.05) is 36.4 Å². The quantitative estimate of drug-likeness (QED) is 0.311. The van der Waals surface area contributed by atoms with E-state index in [0.29, 0.717) is 34.1 Å². The molecule has 2 amide bonds. The summed E-state index contributed by atoms with van der Waals surface area (Å²) in [6.45, 7) is 4.46. The number of carbonyl (C=O) groups excluding carboxylic acids is 2. The predicted molar refractivity (Wildman–Crippen MR) is 135 cm³/mol. The smallest absolute Gasteiger partial charge is 0.276 e. The Morgan fingerprint density at radius 1 is 0.970 bits per heavy atom. The number of hydrazine groups is 1. The lowest BCUT2D eigenvalue weighted by atomic mass is 10.1. The van der Waals surface area contributed by atoms with Crippen LogP contribution in [0.15, 0.2) is 65.1 Å². The third kappa shape index (κ3) is 7.16. The Labute approximate surface area is 205 Å². The van der Waals surface area contributed by atoms with Crippen molar-refractivity contribution < 1.29 is 19.1 Å². The summed E-state index contributed by atoms with van der Waals surface area (Å²) in [4.78, 5) is 24.5. The zero-order valence-electron chi connectivity index (χ0n) is 18.2. The molecule has 3 aromatic rings. The van der Waals surface area contributed by atoms with Gasteiger partial charge in [-0.1, -0.05) is 50.2 Å². The van der Waals surface area contributed by atoms with E-state index in [9.17, 15) is 9.59 Å². The molecule has 0 aromatic heterocycles. The molecule has 9 heteroatoms. The van der Waals surface area contributed by atoms with Crippen LogP contribution in [-0.4, -0.2) is 30.1 Å². The Kier molecular flexibility index (Phi) is 8.62. The van der Waals surface area contributed by atoms with Crippen LogP contribution in [0.2, 0.25) is 0 Å². The van der Waals surface area contributed by atoms with Crippen LogP contribution in [0, 0.1) is 5.92 Å². The second-order valence-electron chi connectivity index (χ2n) is 7.57. The molecule has 0 unspecified atom stereocenters. The topological polar surface area (TPSA) is 88.7 Å². The van der Waals surface area contributed by atoms with E-state index >= 15 is 0 Å². The molecule has 3 aromatic carbocycles. The number of ether oxygens (including phenoxy) is 2. The summed E-state index contributed by atoms with van der Waals surface area (Å²) in [6, 6.07) is 18.3. The summed E-state index contributed by atoms with van der Waals surface area (Å²) in [5.41, 5.74) is 5.29. The molecular formula is C24H24BrN3O4S. The molecule has 0 radical (unpaired) electrons. The minimum atomic E-state index is -0.450. The first-order chi connectivity index (χ1) is 15.8. The SMILES string of the molecule is CC(C)COc1ccc(C(=O)NC(=S)NNC(=O)COc2cccc3ccccc23)cc1Br. The highest BCUT2D eigenvalue weighted by molar-refractivity contribution is 9.10. The second-order valence-corrected chi connectivity index (χ2v) is 8.84. The van der Waals surface area contributed by atoms with Gasteiger partial charge in [0.15, 0.2) is 11.7 Å². The molecule has 3 rings (SSSR count). The average molecular weight is 530 g/mol. The molecule has 0 fully saturated rings. The van der Waals surface area contributed by atoms with Gasteiger partial charge in [-0.25, -0.2) is 0 Å². The molecular weight excluding hydrogens is 506 g/mol. The van der Waals surface area contributed by atoms with Crippen LogP contribution in [0.25, 0.3) is 10.8 Å². The van der Waals surface area contributed by atoms with Crippen molar-refractivity contribution in [2.24, 2.45) is 5.92 Å². The predicted octanol–water partition coefficient (Wildman–Crippen LogP) is 4.35. The van der Waals surface area contributed by atoms with Crippen LogP contribution in [0.4, 0.5) is 0 Å². The van der Waals surface area contributed by atoms with Crippen LogP contribution in [0.5, 0.6) is 11.5 Å². The number of carbonyl (C=O) groups is 2. The number of benzene rings is 3. The second kappa shape index (κ2) is 11.6. The molecule has 0 heterocycles. The number of rotatable bonds is 7. The molecule has 0 saturated heterocycles. The molecule has 0 aliphatic heterocycles. The van der Waals surface area contributed by atoms with E-state index in [2.05, 4.69) is 45.9 Å². The normalized spacial score (nSPS) is 10.5. The summed E-state index contributed by atoms with van der Waals surface area (Å²) >= 11 is 8.49. The Hall–Kier alpha value is -3.17. The molecule has 0 spiro atoms. The molecule has 172 valence electrons. The maximum absolute atomic E-state index is 12.4. The van der Waals surface area contributed by atoms with Crippen LogP contribution in [0.3, 0.4) is 0 Å². The van der Waals surface area contributed by atoms with Gasteiger partial charge in [-0.05, 0) is 63.7 Å². The van der Waals surface area contributed by atoms with Gasteiger partial charge in [0.25, 0.3) is 11.8 Å². The van der Waals surface area contributed by atoms with Crippen molar-refractivity contribution in [2.75, 3.05) is 13.2 Å². The highest BCUT2D eigenvalue weighted by Crippen LogP contribution is 2.27. The van der Waals surface area contributed by atoms with Gasteiger partial charge in [-0.2, -0.15) is 0 Å². The van der Waals surface area contributed by atoms with Gasteiger partial charge >= 0.3 is 0 Å². The fourth-order valence-corrected chi connectivity index (χ4v) is 3.49. The number of fused-ring (bicyclic) bond motifs is 1. The van der Waals surface area contributed by atoms with Gasteiger partial charge in [-0.15, -0.1) is 0 Å². The first-order valence-corrected chi connectivity index (χ1v) is 11.5. The zero-order valence-corrected chi connectivity index (χ0v) is 20.6. The van der Waals surface area contributed by atoms with Crippen molar-refractivity contribution in [3.05, 3.63) is 70.7 Å². The number of halogens is 1.